The first-order valence-corrected chi connectivity index (χ1v) is 12.2. The standard InChI is InChI=1S/C20H34N4O4S/c1-17(25)23-11-9-22(10-12-23)16-18-15-21-20(24(18)13-14-28-2)29(26,27)19-7-5-3-4-6-8-19/h15,19H,3-14,16H2,1-2H3. The first-order valence-electron chi connectivity index (χ1n) is 10.7. The second kappa shape index (κ2) is 10.0. The molecule has 9 heteroatoms. The predicted molar refractivity (Wildman–Crippen MR) is 110 cm³/mol. The summed E-state index contributed by atoms with van der Waals surface area (Å²) in [5, 5.41) is -0.139. The Hall–Kier alpha value is -1.45. The summed E-state index contributed by atoms with van der Waals surface area (Å²) in [6.07, 6.45) is 7.31. The number of piperazine rings is 1. The Morgan fingerprint density at radius 1 is 1.14 bits per heavy atom. The Morgan fingerprint density at radius 2 is 1.79 bits per heavy atom. The van der Waals surface area contributed by atoms with Gasteiger partial charge >= 0.3 is 0 Å². The van der Waals surface area contributed by atoms with E-state index in [1.54, 1.807) is 20.2 Å². The molecule has 0 N–H and O–H groups in total. The molecule has 8 nitrogen and oxygen atoms in total. The number of hydrogen-bond donors (Lipinski definition) is 0. The number of nitrogens with zero attached hydrogens (tertiary/aromatic N) is 4. The van der Waals surface area contributed by atoms with Crippen LogP contribution >= 0.6 is 0 Å². The molecule has 2 aliphatic rings. The lowest BCUT2D eigenvalue weighted by molar-refractivity contribution is -0.130. The van der Waals surface area contributed by atoms with Gasteiger partial charge in [-0.1, -0.05) is 25.7 Å². The molecule has 1 saturated carbocycles. The van der Waals surface area contributed by atoms with Crippen molar-refractivity contribution in [3.05, 3.63) is 11.9 Å². The first-order chi connectivity index (χ1) is 13.9. The van der Waals surface area contributed by atoms with E-state index >= 15 is 0 Å². The molecule has 0 aromatic carbocycles. The third-order valence-corrected chi connectivity index (χ3v) is 8.30. The van der Waals surface area contributed by atoms with Crippen LogP contribution < -0.4 is 0 Å². The van der Waals surface area contributed by atoms with Gasteiger partial charge in [0, 0.05) is 53.3 Å². The monoisotopic (exact) mass is 426 g/mol. The van der Waals surface area contributed by atoms with Crippen molar-refractivity contribution < 1.29 is 17.9 Å². The number of hydrogen-bond acceptors (Lipinski definition) is 6. The first kappa shape index (κ1) is 22.2. The van der Waals surface area contributed by atoms with Gasteiger partial charge in [-0.15, -0.1) is 0 Å². The van der Waals surface area contributed by atoms with Crippen molar-refractivity contribution in [1.82, 2.24) is 19.4 Å². The van der Waals surface area contributed by atoms with Crippen LogP contribution in [0.4, 0.5) is 0 Å². The minimum Gasteiger partial charge on any atom is -0.383 e. The van der Waals surface area contributed by atoms with Gasteiger partial charge in [0.15, 0.2) is 0 Å². The number of sulfone groups is 1. The van der Waals surface area contributed by atoms with Crippen LogP contribution in [0.3, 0.4) is 0 Å². The van der Waals surface area contributed by atoms with E-state index < -0.39 is 9.84 Å². The fourth-order valence-corrected chi connectivity index (χ4v) is 6.29. The van der Waals surface area contributed by atoms with Crippen LogP contribution in [-0.2, 0) is 32.5 Å². The molecule has 29 heavy (non-hydrogen) atoms. The lowest BCUT2D eigenvalue weighted by Gasteiger charge is -2.34. The highest BCUT2D eigenvalue weighted by Gasteiger charge is 2.33. The van der Waals surface area contributed by atoms with E-state index in [-0.39, 0.29) is 16.3 Å². The van der Waals surface area contributed by atoms with Crippen molar-refractivity contribution >= 4 is 15.7 Å². The predicted octanol–water partition coefficient (Wildman–Crippen LogP) is 1.69. The van der Waals surface area contributed by atoms with Gasteiger partial charge in [0.05, 0.1) is 23.7 Å². The summed E-state index contributed by atoms with van der Waals surface area (Å²) >= 11 is 0. The topological polar surface area (TPSA) is 84.7 Å². The lowest BCUT2D eigenvalue weighted by Crippen LogP contribution is -2.47. The van der Waals surface area contributed by atoms with E-state index in [0.29, 0.717) is 32.8 Å². The number of amides is 1. The molecule has 0 radical (unpaired) electrons. The summed E-state index contributed by atoms with van der Waals surface area (Å²) < 4.78 is 33.8. The van der Waals surface area contributed by atoms with Crippen LogP contribution in [0.2, 0.25) is 0 Å². The summed E-state index contributed by atoms with van der Waals surface area (Å²) in [7, 11) is -1.84. The van der Waals surface area contributed by atoms with Crippen LogP contribution in [0.15, 0.2) is 11.4 Å². The molecule has 1 aromatic heterocycles. The minimum absolute atomic E-state index is 0.103. The van der Waals surface area contributed by atoms with Crippen LogP contribution in [0.25, 0.3) is 0 Å². The quantitative estimate of drug-likeness (QED) is 0.617. The average molecular weight is 427 g/mol. The smallest absolute Gasteiger partial charge is 0.228 e. The van der Waals surface area contributed by atoms with Crippen molar-refractivity contribution in [3.63, 3.8) is 0 Å². The minimum atomic E-state index is -3.46. The maximum Gasteiger partial charge on any atom is 0.228 e. The molecule has 0 bridgehead atoms. The van der Waals surface area contributed by atoms with Gasteiger partial charge in [0.2, 0.25) is 20.9 Å². The van der Waals surface area contributed by atoms with E-state index in [1.807, 2.05) is 9.47 Å². The van der Waals surface area contributed by atoms with Crippen LogP contribution in [0.1, 0.15) is 51.1 Å². The van der Waals surface area contributed by atoms with Crippen molar-refractivity contribution in [2.24, 2.45) is 0 Å². The molecule has 1 aliphatic carbocycles. The fourth-order valence-electron chi connectivity index (χ4n) is 4.32. The second-order valence-electron chi connectivity index (χ2n) is 8.12. The SMILES string of the molecule is COCCn1c(CN2CCN(C(C)=O)CC2)cnc1S(=O)(=O)C1CCCCCC1. The molecule has 0 spiro atoms. The van der Waals surface area contributed by atoms with Crippen LogP contribution in [-0.4, -0.2) is 78.8 Å². The van der Waals surface area contributed by atoms with E-state index in [9.17, 15) is 13.2 Å². The fraction of sp³-hybridized carbons (Fsp3) is 0.800. The van der Waals surface area contributed by atoms with Gasteiger partial charge < -0.3 is 14.2 Å². The number of carbonyl (C=O) groups is 1. The lowest BCUT2D eigenvalue weighted by atomic mass is 10.2. The maximum absolute atomic E-state index is 13.4. The number of rotatable bonds is 7. The Labute approximate surface area is 174 Å². The molecule has 2 fully saturated rings. The second-order valence-corrected chi connectivity index (χ2v) is 10.2. The van der Waals surface area contributed by atoms with E-state index in [4.69, 9.17) is 4.74 Å². The number of methoxy groups -OCH3 is 1. The summed E-state index contributed by atoms with van der Waals surface area (Å²) in [4.78, 5) is 20.0. The Balaban J connectivity index is 1.78. The molecule has 0 unspecified atom stereocenters. The molecule has 1 aromatic rings. The normalized spacial score (nSPS) is 20.0. The Morgan fingerprint density at radius 3 is 2.38 bits per heavy atom. The van der Waals surface area contributed by atoms with Gasteiger partial charge in [-0.2, -0.15) is 0 Å². The molecule has 164 valence electrons. The third kappa shape index (κ3) is 5.38. The molecular weight excluding hydrogens is 392 g/mol. The zero-order valence-electron chi connectivity index (χ0n) is 17.7. The van der Waals surface area contributed by atoms with Crippen molar-refractivity contribution in [2.45, 2.75) is 68.9 Å². The van der Waals surface area contributed by atoms with Gasteiger partial charge in [0.1, 0.15) is 0 Å². The molecular formula is C20H34N4O4S. The molecule has 1 saturated heterocycles. The molecule has 1 aliphatic heterocycles. The average Bonchev–Trinajstić information content (AvgIpc) is 2.91. The van der Waals surface area contributed by atoms with Gasteiger partial charge in [0.25, 0.3) is 0 Å². The maximum atomic E-state index is 13.4. The van der Waals surface area contributed by atoms with Crippen molar-refractivity contribution in [1.29, 1.82) is 0 Å². The molecule has 2 heterocycles. The zero-order valence-corrected chi connectivity index (χ0v) is 18.5. The van der Waals surface area contributed by atoms with Crippen molar-refractivity contribution in [3.8, 4) is 0 Å². The van der Waals surface area contributed by atoms with Crippen LogP contribution in [0.5, 0.6) is 0 Å². The highest BCUT2D eigenvalue weighted by Crippen LogP contribution is 2.28. The number of imidazole rings is 1. The van der Waals surface area contributed by atoms with E-state index in [2.05, 4.69) is 9.88 Å². The van der Waals surface area contributed by atoms with Crippen LogP contribution in [0, 0.1) is 0 Å². The van der Waals surface area contributed by atoms with E-state index in [0.717, 1.165) is 57.3 Å². The third-order valence-electron chi connectivity index (χ3n) is 6.12. The number of carbonyl (C=O) groups excluding carboxylic acids is 1. The summed E-state index contributed by atoms with van der Waals surface area (Å²) in [5.41, 5.74) is 0.894. The summed E-state index contributed by atoms with van der Waals surface area (Å²) in [5.74, 6) is 0.103. The summed E-state index contributed by atoms with van der Waals surface area (Å²) in [6, 6.07) is 0. The largest absolute Gasteiger partial charge is 0.383 e. The molecule has 3 rings (SSSR count). The molecule has 1 amide bonds. The number of ether oxygens (including phenoxy) is 1. The molecule has 0 atom stereocenters. The van der Waals surface area contributed by atoms with Gasteiger partial charge in [-0.3, -0.25) is 9.69 Å². The van der Waals surface area contributed by atoms with E-state index in [1.165, 1.54) is 0 Å². The summed E-state index contributed by atoms with van der Waals surface area (Å²) in [6.45, 7) is 6.10. The van der Waals surface area contributed by atoms with Gasteiger partial charge in [-0.05, 0) is 12.8 Å². The highest BCUT2D eigenvalue weighted by atomic mass is 32.2. The number of aromatic nitrogens is 2. The zero-order chi connectivity index (χ0) is 20.9. The Bertz CT molecular complexity index is 776. The Kier molecular flexibility index (Phi) is 7.70. The highest BCUT2D eigenvalue weighted by molar-refractivity contribution is 7.91. The van der Waals surface area contributed by atoms with Gasteiger partial charge in [-0.25, -0.2) is 13.4 Å². The van der Waals surface area contributed by atoms with Crippen molar-refractivity contribution in [2.75, 3.05) is 39.9 Å².